The second-order valence-corrected chi connectivity index (χ2v) is 4.03. The number of rotatable bonds is 4. The summed E-state index contributed by atoms with van der Waals surface area (Å²) in [4.78, 5) is 10.7. The first-order valence-electron chi connectivity index (χ1n) is 5.13. The second kappa shape index (κ2) is 5.10. The zero-order valence-electron chi connectivity index (χ0n) is 9.46. The molecule has 1 atom stereocenters. The van der Waals surface area contributed by atoms with Gasteiger partial charge >= 0.3 is 5.97 Å². The Balaban J connectivity index is 2.07. The van der Waals surface area contributed by atoms with Crippen molar-refractivity contribution in [1.29, 1.82) is 0 Å². The van der Waals surface area contributed by atoms with Crippen molar-refractivity contribution in [2.24, 2.45) is 0 Å². The van der Waals surface area contributed by atoms with E-state index in [-0.39, 0.29) is 5.56 Å². The Morgan fingerprint density at radius 1 is 1.44 bits per heavy atom. The van der Waals surface area contributed by atoms with Crippen molar-refractivity contribution in [2.75, 3.05) is 0 Å². The lowest BCUT2D eigenvalue weighted by molar-refractivity contribution is 0.0697. The van der Waals surface area contributed by atoms with Crippen LogP contribution in [0.2, 0.25) is 0 Å². The first-order chi connectivity index (χ1) is 8.56. The van der Waals surface area contributed by atoms with Crippen molar-refractivity contribution in [3.8, 4) is 5.75 Å². The van der Waals surface area contributed by atoms with Gasteiger partial charge in [0.25, 0.3) is 0 Å². The van der Waals surface area contributed by atoms with Crippen LogP contribution < -0.4 is 4.74 Å². The average Bonchev–Trinajstić information content (AvgIpc) is 2.76. The molecule has 0 aliphatic heterocycles. The molecule has 5 nitrogen and oxygen atoms in total. The number of hydrogen-bond acceptors (Lipinski definition) is 4. The zero-order chi connectivity index (χ0) is 13.1. The number of alkyl halides is 1. The van der Waals surface area contributed by atoms with E-state index in [1.54, 1.807) is 13.0 Å². The summed E-state index contributed by atoms with van der Waals surface area (Å²) >= 11 is 5.98. The molecule has 2 rings (SSSR count). The third-order valence-electron chi connectivity index (χ3n) is 2.21. The first kappa shape index (κ1) is 12.4. The lowest BCUT2D eigenvalue weighted by Gasteiger charge is -2.09. The minimum absolute atomic E-state index is 0.184. The van der Waals surface area contributed by atoms with E-state index in [0.29, 0.717) is 17.2 Å². The molecule has 0 bridgehead atoms. The van der Waals surface area contributed by atoms with E-state index in [2.05, 4.69) is 5.16 Å². The normalized spacial score (nSPS) is 12.1. The summed E-state index contributed by atoms with van der Waals surface area (Å²) in [7, 11) is 0. The van der Waals surface area contributed by atoms with Gasteiger partial charge in [-0.25, -0.2) is 4.79 Å². The number of hydrogen-bond donors (Lipinski definition) is 1. The van der Waals surface area contributed by atoms with Gasteiger partial charge in [0.1, 0.15) is 5.75 Å². The molecule has 1 N–H and O–H groups in total. The fraction of sp³-hybridized carbons (Fsp3) is 0.167. The molecule has 0 aliphatic rings. The number of carboxylic acids is 1. The molecule has 94 valence electrons. The standard InChI is InChI=1S/C12H10ClNO4/c1-7-6-10(18-14-7)11(13)17-9-4-2-8(3-5-9)12(15)16/h2-6,11H,1H3,(H,15,16). The quantitative estimate of drug-likeness (QED) is 0.862. The molecule has 0 amide bonds. The number of aromatic carboxylic acids is 1. The molecular weight excluding hydrogens is 258 g/mol. The first-order valence-corrected chi connectivity index (χ1v) is 5.57. The van der Waals surface area contributed by atoms with E-state index >= 15 is 0 Å². The molecule has 0 saturated heterocycles. The van der Waals surface area contributed by atoms with Crippen LogP contribution in [0.4, 0.5) is 0 Å². The Hall–Kier alpha value is -2.01. The summed E-state index contributed by atoms with van der Waals surface area (Å²) in [6.07, 6.45) is 0. The molecule has 6 heteroatoms. The van der Waals surface area contributed by atoms with Crippen LogP contribution in [0.3, 0.4) is 0 Å². The van der Waals surface area contributed by atoms with Crippen molar-refractivity contribution in [1.82, 2.24) is 5.16 Å². The van der Waals surface area contributed by atoms with E-state index in [9.17, 15) is 4.79 Å². The maximum atomic E-state index is 10.7. The summed E-state index contributed by atoms with van der Waals surface area (Å²) < 4.78 is 10.3. The Labute approximate surface area is 108 Å². The number of nitrogens with zero attached hydrogens (tertiary/aromatic N) is 1. The van der Waals surface area contributed by atoms with Crippen molar-refractivity contribution < 1.29 is 19.2 Å². The highest BCUT2D eigenvalue weighted by molar-refractivity contribution is 6.19. The van der Waals surface area contributed by atoms with Crippen LogP contribution in [0, 0.1) is 6.92 Å². The number of halogens is 1. The Morgan fingerprint density at radius 3 is 2.61 bits per heavy atom. The molecule has 1 heterocycles. The van der Waals surface area contributed by atoms with Gasteiger partial charge in [0.15, 0.2) is 5.76 Å². The van der Waals surface area contributed by atoms with E-state index in [1.807, 2.05) is 0 Å². The molecular formula is C12H10ClNO4. The molecule has 0 radical (unpaired) electrons. The van der Waals surface area contributed by atoms with Crippen molar-refractivity contribution in [3.63, 3.8) is 0 Å². The number of carbonyl (C=O) groups is 1. The predicted octanol–water partition coefficient (Wildman–Crippen LogP) is 3.00. The van der Waals surface area contributed by atoms with Gasteiger partial charge in [-0.3, -0.25) is 0 Å². The van der Waals surface area contributed by atoms with E-state index in [1.165, 1.54) is 24.3 Å². The van der Waals surface area contributed by atoms with Crippen molar-refractivity contribution in [2.45, 2.75) is 12.5 Å². The molecule has 0 fully saturated rings. The summed E-state index contributed by atoms with van der Waals surface area (Å²) in [6.45, 7) is 1.78. The molecule has 1 aromatic carbocycles. The molecule has 1 unspecified atom stereocenters. The molecule has 18 heavy (non-hydrogen) atoms. The van der Waals surface area contributed by atoms with Gasteiger partial charge in [-0.1, -0.05) is 16.8 Å². The molecule has 0 aliphatic carbocycles. The topological polar surface area (TPSA) is 72.6 Å². The van der Waals surface area contributed by atoms with E-state index < -0.39 is 11.5 Å². The Bertz CT molecular complexity index is 549. The zero-order valence-corrected chi connectivity index (χ0v) is 10.2. The summed E-state index contributed by atoms with van der Waals surface area (Å²) in [6, 6.07) is 7.60. The molecule has 0 spiro atoms. The summed E-state index contributed by atoms with van der Waals surface area (Å²) in [5.74, 6) is -0.139. The highest BCUT2D eigenvalue weighted by atomic mass is 35.5. The fourth-order valence-electron chi connectivity index (χ4n) is 1.34. The summed E-state index contributed by atoms with van der Waals surface area (Å²) in [5.41, 5.74) is 0.0892. The van der Waals surface area contributed by atoms with Gasteiger partial charge in [0.05, 0.1) is 11.3 Å². The van der Waals surface area contributed by atoms with Crippen LogP contribution in [0.15, 0.2) is 34.9 Å². The monoisotopic (exact) mass is 267 g/mol. The largest absolute Gasteiger partial charge is 0.478 e. The lowest BCUT2D eigenvalue weighted by Crippen LogP contribution is -2.00. The predicted molar refractivity (Wildman–Crippen MR) is 63.9 cm³/mol. The van der Waals surface area contributed by atoms with Crippen LogP contribution >= 0.6 is 11.6 Å². The fourth-order valence-corrected chi connectivity index (χ4v) is 1.55. The molecule has 2 aromatic rings. The smallest absolute Gasteiger partial charge is 0.335 e. The van der Waals surface area contributed by atoms with Gasteiger partial charge in [0.2, 0.25) is 5.56 Å². The maximum absolute atomic E-state index is 10.7. The number of aromatic nitrogens is 1. The Morgan fingerprint density at radius 2 is 2.11 bits per heavy atom. The van der Waals surface area contributed by atoms with Gasteiger partial charge < -0.3 is 14.4 Å². The van der Waals surface area contributed by atoms with Gasteiger partial charge in [-0.05, 0) is 31.2 Å². The van der Waals surface area contributed by atoms with Gasteiger partial charge in [-0.15, -0.1) is 0 Å². The van der Waals surface area contributed by atoms with Crippen LogP contribution in [0.5, 0.6) is 5.75 Å². The number of aryl methyl sites for hydroxylation is 1. The maximum Gasteiger partial charge on any atom is 0.335 e. The minimum Gasteiger partial charge on any atom is -0.478 e. The van der Waals surface area contributed by atoms with Crippen LogP contribution in [-0.2, 0) is 0 Å². The van der Waals surface area contributed by atoms with Crippen molar-refractivity contribution >= 4 is 17.6 Å². The average molecular weight is 268 g/mol. The number of carboxylic acid groups (broad SMARTS) is 1. The van der Waals surface area contributed by atoms with E-state index in [4.69, 9.17) is 26.0 Å². The number of ether oxygens (including phenoxy) is 1. The van der Waals surface area contributed by atoms with Crippen molar-refractivity contribution in [3.05, 3.63) is 47.3 Å². The lowest BCUT2D eigenvalue weighted by atomic mass is 10.2. The van der Waals surface area contributed by atoms with Gasteiger partial charge in [-0.2, -0.15) is 0 Å². The number of benzene rings is 1. The summed E-state index contributed by atoms with van der Waals surface area (Å²) in [5, 5.41) is 12.4. The van der Waals surface area contributed by atoms with E-state index in [0.717, 1.165) is 0 Å². The van der Waals surface area contributed by atoms with Crippen LogP contribution in [0.1, 0.15) is 27.4 Å². The third kappa shape index (κ3) is 2.81. The van der Waals surface area contributed by atoms with Gasteiger partial charge in [0, 0.05) is 6.07 Å². The third-order valence-corrected chi connectivity index (χ3v) is 2.51. The Kier molecular flexibility index (Phi) is 3.53. The molecule has 0 saturated carbocycles. The van der Waals surface area contributed by atoms with Crippen LogP contribution in [0.25, 0.3) is 0 Å². The SMILES string of the molecule is Cc1cc(C(Cl)Oc2ccc(C(=O)O)cc2)on1. The second-order valence-electron chi connectivity index (χ2n) is 3.63. The van der Waals surface area contributed by atoms with Crippen LogP contribution in [-0.4, -0.2) is 16.2 Å². The minimum atomic E-state index is -0.991. The highest BCUT2D eigenvalue weighted by Crippen LogP contribution is 2.25. The molecule has 1 aromatic heterocycles. The highest BCUT2D eigenvalue weighted by Gasteiger charge is 2.15.